The maximum atomic E-state index is 12.5. The number of halogens is 3. The molecule has 3 aromatic carbocycles. The summed E-state index contributed by atoms with van der Waals surface area (Å²) < 4.78 is 0.271. The van der Waals surface area contributed by atoms with Gasteiger partial charge in [-0.2, -0.15) is 0 Å². The number of fused-ring (bicyclic) bond motifs is 3. The summed E-state index contributed by atoms with van der Waals surface area (Å²) in [5.74, 6) is 4.42. The van der Waals surface area contributed by atoms with Crippen LogP contribution in [-0.2, 0) is 40.3 Å². The molecule has 10 nitrogen and oxygen atoms in total. The highest BCUT2D eigenvalue weighted by molar-refractivity contribution is 9.69. The van der Waals surface area contributed by atoms with E-state index < -0.39 is 16.8 Å². The largest absolute Gasteiger partial charge is 0.508 e. The Kier molecular flexibility index (Phi) is 18.2. The fourth-order valence-electron chi connectivity index (χ4n) is 19.0. The van der Waals surface area contributed by atoms with E-state index >= 15 is 0 Å². The number of carbonyl (C=O) groups is 1. The van der Waals surface area contributed by atoms with Crippen LogP contribution in [0.15, 0.2) is 54.6 Å². The lowest BCUT2D eigenvalue weighted by Gasteiger charge is -2.65. The summed E-state index contributed by atoms with van der Waals surface area (Å²) in [4.78, 5) is 20.1. The molecule has 3 saturated heterocycles. The van der Waals surface area contributed by atoms with E-state index in [4.69, 9.17) is 0 Å². The van der Waals surface area contributed by atoms with Crippen molar-refractivity contribution >= 4 is 56.2 Å². The van der Waals surface area contributed by atoms with Crippen LogP contribution < -0.4 is 10.6 Å². The lowest BCUT2D eigenvalue weighted by Crippen LogP contribution is -2.74. The Morgan fingerprint density at radius 1 is 0.536 bits per heavy atom. The normalized spacial score (nSPS) is 36.4. The highest BCUT2D eigenvalue weighted by Crippen LogP contribution is 2.62. The number of piperidine rings is 3. The summed E-state index contributed by atoms with van der Waals surface area (Å²) in [6.45, 7) is 22.3. The SMILES string of the molecule is BrB(Br)Br.CC(C)CN[C@H]1CC[C@]23CCN(CC4CC4)[C@H](Cc4ccc(O)cc42)[C@]3(O)C1.Cc1ccc2c(c1)[C@@]13CCC(=O)C[C@@]1(O)[C@@H](C2)N(CC1CC1)CC3.Cc1ccc2c(c1)[C@@]13CC[C@H](NCC(C)C)C[C@@]1(O)[C@@H](C2)N(CC1CC1)CC3. The maximum absolute atomic E-state index is 12.5. The van der Waals surface area contributed by atoms with Gasteiger partial charge in [-0.1, -0.05) is 81.3 Å². The number of aromatic hydroxyl groups is 1. The van der Waals surface area contributed by atoms with E-state index in [-0.39, 0.29) is 37.3 Å². The summed E-state index contributed by atoms with van der Waals surface area (Å²) in [5, 5.41) is 54.5. The summed E-state index contributed by atoms with van der Waals surface area (Å²) in [7, 11) is 0. The lowest BCUT2D eigenvalue weighted by molar-refractivity contribution is -0.173. The first kappa shape index (κ1) is 62.5. The van der Waals surface area contributed by atoms with E-state index in [0.717, 1.165) is 134 Å². The number of rotatable bonds is 12. The first-order chi connectivity index (χ1) is 40.1. The zero-order valence-corrected chi connectivity index (χ0v) is 56.5. The first-order valence-electron chi connectivity index (χ1n) is 33.4. The molecule has 0 amide bonds. The van der Waals surface area contributed by atoms with Crippen molar-refractivity contribution in [1.29, 1.82) is 0 Å². The maximum Gasteiger partial charge on any atom is 0.369 e. The number of hydrogen-bond acceptors (Lipinski definition) is 10. The molecule has 0 radical (unpaired) electrons. The number of carbonyl (C=O) groups excluding carboxylic acids is 1. The molecule has 14 heteroatoms. The minimum Gasteiger partial charge on any atom is -0.508 e. The van der Waals surface area contributed by atoms with Crippen LogP contribution in [0.5, 0.6) is 5.75 Å². The Bertz CT molecular complexity index is 2740. The number of likely N-dealkylation sites (tertiary alicyclic amines) is 3. The minimum atomic E-state index is -0.865. The Balaban J connectivity index is 0.000000120. The van der Waals surface area contributed by atoms with E-state index in [9.17, 15) is 25.2 Å². The van der Waals surface area contributed by atoms with Gasteiger partial charge in [-0.3, -0.25) is 19.5 Å². The standard InChI is InChI=1S/C25H38N2O.C24H36N2O2.C21H27NO2.BBr3/c1-17(2)15-26-21-8-9-24-10-11-27(16-19-5-6-19)23(25(24,28)14-21)13-20-7-4-18(3)12-22(20)24;1-16(2)14-25-19-7-8-23-9-10-26(15-17-3-4-17)22(24(23,28)13-19)11-18-5-6-20(27)12-21(18)23;1-14-2-5-16-11-19-21(24)12-17(23)6-7-20(21,18(16)10-14)8-9-22(19)13-15-3-4-15;2-1(3)4/h4,7,12,17,19,21,23,26,28H,5-6,8-11,13-16H2,1-3H3;5-6,12,16-17,19,22,25,27-28H,3-4,7-11,13-15H2,1-2H3;2,5,10,15,19,24H,3-4,6-9,11-13H2,1H3;/t21-,23+,24-,25+;19-,22+,23-,24+;19-,20+,21-;/m001./s1. The fourth-order valence-corrected chi connectivity index (χ4v) is 19.0. The van der Waals surface area contributed by atoms with Crippen molar-refractivity contribution in [1.82, 2.24) is 25.3 Å². The van der Waals surface area contributed by atoms with Gasteiger partial charge in [0, 0.05) is 78.9 Å². The molecule has 0 spiro atoms. The molecule has 11 atom stereocenters. The average Bonchev–Trinajstić information content (AvgIpc) is 1.74. The zero-order valence-electron chi connectivity index (χ0n) is 51.7. The van der Waals surface area contributed by atoms with Gasteiger partial charge in [0.1, 0.15) is 11.5 Å². The number of benzene rings is 3. The number of aryl methyl sites for hydroxylation is 2. The highest BCUT2D eigenvalue weighted by atomic mass is 79.9. The highest BCUT2D eigenvalue weighted by Gasteiger charge is 2.68. The smallest absolute Gasteiger partial charge is 0.369 e. The predicted molar refractivity (Wildman–Crippen MR) is 352 cm³/mol. The van der Waals surface area contributed by atoms with Crippen LogP contribution in [-0.4, -0.2) is 143 Å². The second-order valence-corrected chi connectivity index (χ2v) is 36.8. The number of nitrogens with zero attached hydrogens (tertiary/aromatic N) is 3. The molecule has 460 valence electrons. The predicted octanol–water partition coefficient (Wildman–Crippen LogP) is 11.9. The molecule has 15 rings (SSSR count). The van der Waals surface area contributed by atoms with Crippen LogP contribution in [0.4, 0.5) is 0 Å². The summed E-state index contributed by atoms with van der Waals surface area (Å²) in [6, 6.07) is 21.2. The van der Waals surface area contributed by atoms with E-state index in [1.54, 1.807) is 0 Å². The molecule has 3 aliphatic heterocycles. The van der Waals surface area contributed by atoms with Crippen LogP contribution in [0.3, 0.4) is 0 Å². The van der Waals surface area contributed by atoms with Crippen molar-refractivity contribution in [2.75, 3.05) is 52.4 Å². The first-order valence-corrected chi connectivity index (χ1v) is 36.1. The molecule has 3 heterocycles. The summed E-state index contributed by atoms with van der Waals surface area (Å²) in [6.07, 6.45) is 22.1. The molecular formula is C70H101BBr3N5O5. The van der Waals surface area contributed by atoms with Crippen LogP contribution in [0, 0.1) is 43.4 Å². The quantitative estimate of drug-likeness (QED) is 0.0975. The van der Waals surface area contributed by atoms with Gasteiger partial charge in [-0.25, -0.2) is 0 Å². The van der Waals surface area contributed by atoms with Crippen LogP contribution in [0.25, 0.3) is 0 Å². The average molecular weight is 1340 g/mol. The Labute approximate surface area is 529 Å². The third-order valence-electron chi connectivity index (χ3n) is 23.8. The van der Waals surface area contributed by atoms with Crippen molar-refractivity contribution in [3.63, 3.8) is 0 Å². The van der Waals surface area contributed by atoms with Crippen LogP contribution in [0.1, 0.15) is 188 Å². The third kappa shape index (κ3) is 11.9. The molecule has 9 aliphatic carbocycles. The molecule has 12 aliphatic rings. The zero-order chi connectivity index (χ0) is 59.1. The molecule has 6 bridgehead atoms. The summed E-state index contributed by atoms with van der Waals surface area (Å²) >= 11 is 9.31. The monoisotopic (exact) mass is 1340 g/mol. The van der Waals surface area contributed by atoms with E-state index in [0.29, 0.717) is 48.6 Å². The van der Waals surface area contributed by atoms with Gasteiger partial charge in [-0.05, 0) is 244 Å². The van der Waals surface area contributed by atoms with Crippen LogP contribution >= 0.6 is 47.3 Å². The number of phenolic OH excluding ortho intramolecular Hbond substituents is 1. The molecule has 0 aromatic heterocycles. The number of ketones is 1. The second kappa shape index (κ2) is 24.5. The van der Waals surface area contributed by atoms with Gasteiger partial charge >= 0.3 is 3.18 Å². The van der Waals surface area contributed by atoms with Gasteiger partial charge in [-0.15, -0.1) is 47.3 Å². The molecule has 6 saturated carbocycles. The Morgan fingerprint density at radius 2 is 0.905 bits per heavy atom. The number of hydrogen-bond donors (Lipinski definition) is 6. The van der Waals surface area contributed by atoms with Gasteiger partial charge in [0.05, 0.1) is 16.8 Å². The number of aliphatic hydroxyl groups is 3. The molecule has 3 aromatic rings. The summed E-state index contributed by atoms with van der Waals surface area (Å²) in [5.41, 5.74) is 8.35. The molecule has 84 heavy (non-hydrogen) atoms. The third-order valence-corrected chi connectivity index (χ3v) is 23.8. The van der Waals surface area contributed by atoms with E-state index in [2.05, 4.69) is 157 Å². The molecular weight excluding hydrogens is 1240 g/mol. The van der Waals surface area contributed by atoms with Gasteiger partial charge in [0.25, 0.3) is 0 Å². The van der Waals surface area contributed by atoms with E-state index in [1.807, 2.05) is 12.1 Å². The minimum absolute atomic E-state index is 0.0344. The lowest BCUT2D eigenvalue weighted by atomic mass is 9.49. The second-order valence-electron chi connectivity index (χ2n) is 30.4. The van der Waals surface area contributed by atoms with Crippen molar-refractivity contribution in [2.24, 2.45) is 29.6 Å². The van der Waals surface area contributed by atoms with Crippen molar-refractivity contribution in [3.05, 3.63) is 99.1 Å². The molecule has 9 fully saturated rings. The fraction of sp³-hybridized carbons (Fsp3) is 0.729. The molecule has 6 N–H and O–H groups in total. The van der Waals surface area contributed by atoms with Crippen molar-refractivity contribution < 1.29 is 25.2 Å². The topological polar surface area (TPSA) is 132 Å². The van der Waals surface area contributed by atoms with Gasteiger partial charge in [0.2, 0.25) is 0 Å². The van der Waals surface area contributed by atoms with Crippen molar-refractivity contribution in [2.45, 2.75) is 240 Å². The number of Topliss-reactive ketones (excluding diaryl/α,β-unsaturated/α-hetero) is 1. The van der Waals surface area contributed by atoms with E-state index in [1.165, 1.54) is 103 Å². The number of phenols is 1. The van der Waals surface area contributed by atoms with Crippen molar-refractivity contribution in [3.8, 4) is 5.75 Å². The number of nitrogens with one attached hydrogen (secondary N) is 2. The van der Waals surface area contributed by atoms with Gasteiger partial charge < -0.3 is 31.1 Å². The Morgan fingerprint density at radius 3 is 1.30 bits per heavy atom. The Hall–Kier alpha value is -1.69. The van der Waals surface area contributed by atoms with Gasteiger partial charge in [0.15, 0.2) is 0 Å². The molecule has 0 unspecified atom stereocenters. The van der Waals surface area contributed by atoms with Crippen LogP contribution in [0.2, 0.25) is 0 Å².